The molecule has 1 saturated heterocycles. The molecule has 1 fully saturated rings. The summed E-state index contributed by atoms with van der Waals surface area (Å²) in [7, 11) is 0. The number of hydrogen-bond donors (Lipinski definition) is 1. The fourth-order valence-electron chi connectivity index (χ4n) is 3.54. The third-order valence-corrected chi connectivity index (χ3v) is 5.46. The second-order valence-electron chi connectivity index (χ2n) is 7.15. The molecule has 3 aromatic rings. The second-order valence-corrected chi connectivity index (χ2v) is 7.56. The molecule has 0 amide bonds. The van der Waals surface area contributed by atoms with Crippen LogP contribution in [0.2, 0.25) is 5.02 Å². The van der Waals surface area contributed by atoms with Crippen LogP contribution < -0.4 is 10.2 Å². The number of aromatic nitrogens is 2. The van der Waals surface area contributed by atoms with E-state index in [1.165, 1.54) is 0 Å². The van der Waals surface area contributed by atoms with Gasteiger partial charge in [-0.15, -0.1) is 0 Å². The Morgan fingerprint density at radius 1 is 0.966 bits per heavy atom. The highest BCUT2D eigenvalue weighted by Gasteiger charge is 2.18. The summed E-state index contributed by atoms with van der Waals surface area (Å²) < 4.78 is 5.93. The zero-order valence-electron chi connectivity index (χ0n) is 16.4. The Hall–Kier alpha value is -2.41. The molecule has 152 valence electrons. The van der Waals surface area contributed by atoms with E-state index in [0.717, 1.165) is 75.3 Å². The molecule has 7 heteroatoms. The second kappa shape index (κ2) is 9.87. The highest BCUT2D eigenvalue weighted by atomic mass is 35.5. The van der Waals surface area contributed by atoms with Crippen molar-refractivity contribution in [2.75, 3.05) is 44.2 Å². The normalized spacial score (nSPS) is 15.0. The molecule has 0 bridgehead atoms. The number of rotatable bonds is 8. The number of halogens is 1. The number of hydrogen-bond acceptors (Lipinski definition) is 6. The van der Waals surface area contributed by atoms with Crippen LogP contribution in [0.3, 0.4) is 0 Å². The van der Waals surface area contributed by atoms with Gasteiger partial charge in [0.05, 0.1) is 11.6 Å². The van der Waals surface area contributed by atoms with Crippen LogP contribution in [0.25, 0.3) is 11.3 Å². The summed E-state index contributed by atoms with van der Waals surface area (Å²) in [5.74, 6) is 2.58. The lowest BCUT2D eigenvalue weighted by Gasteiger charge is -2.34. The van der Waals surface area contributed by atoms with Gasteiger partial charge in [-0.2, -0.15) is 0 Å². The van der Waals surface area contributed by atoms with Gasteiger partial charge in [0.2, 0.25) is 5.95 Å². The lowest BCUT2D eigenvalue weighted by atomic mass is 10.2. The Kier molecular flexibility index (Phi) is 6.77. The molecule has 3 heterocycles. The minimum atomic E-state index is 0.709. The van der Waals surface area contributed by atoms with Crippen molar-refractivity contribution in [2.45, 2.75) is 13.0 Å². The first kappa shape index (κ1) is 19.9. The van der Waals surface area contributed by atoms with Crippen molar-refractivity contribution in [1.29, 1.82) is 0 Å². The Morgan fingerprint density at radius 2 is 1.76 bits per heavy atom. The van der Waals surface area contributed by atoms with Gasteiger partial charge < -0.3 is 14.6 Å². The standard InChI is InChI=1S/C22H26ClN5O/c23-20-6-2-1-5-19(20)21-8-7-18(29-21)17-24-9-4-12-27-13-15-28(16-14-27)22-25-10-3-11-26-22/h1-3,5-8,10-11,24H,4,9,12-17H2. The number of benzene rings is 1. The lowest BCUT2D eigenvalue weighted by molar-refractivity contribution is 0.252. The van der Waals surface area contributed by atoms with Crippen molar-refractivity contribution in [2.24, 2.45) is 0 Å². The van der Waals surface area contributed by atoms with E-state index in [4.69, 9.17) is 16.0 Å². The molecule has 6 nitrogen and oxygen atoms in total. The molecule has 1 N–H and O–H groups in total. The van der Waals surface area contributed by atoms with Crippen molar-refractivity contribution in [3.63, 3.8) is 0 Å². The maximum Gasteiger partial charge on any atom is 0.225 e. The van der Waals surface area contributed by atoms with Crippen molar-refractivity contribution < 1.29 is 4.42 Å². The minimum absolute atomic E-state index is 0.709. The average Bonchev–Trinajstić information content (AvgIpc) is 3.23. The SMILES string of the molecule is Clc1ccccc1-c1ccc(CNCCCN2CCN(c3ncccn3)CC2)o1. The molecule has 29 heavy (non-hydrogen) atoms. The van der Waals surface area contributed by atoms with Crippen LogP contribution in [0, 0.1) is 0 Å². The largest absolute Gasteiger partial charge is 0.460 e. The van der Waals surface area contributed by atoms with Crippen molar-refractivity contribution in [3.05, 3.63) is 65.6 Å². The quantitative estimate of drug-likeness (QED) is 0.570. The molecule has 0 atom stereocenters. The summed E-state index contributed by atoms with van der Waals surface area (Å²) in [6.07, 6.45) is 4.72. The van der Waals surface area contributed by atoms with Gasteiger partial charge in [0.15, 0.2) is 0 Å². The molecule has 0 aliphatic carbocycles. The average molecular weight is 412 g/mol. The maximum atomic E-state index is 6.24. The molecule has 0 radical (unpaired) electrons. The first-order valence-electron chi connectivity index (χ1n) is 10.1. The van der Waals surface area contributed by atoms with Crippen LogP contribution in [-0.4, -0.2) is 54.1 Å². The van der Waals surface area contributed by atoms with E-state index in [9.17, 15) is 0 Å². The number of piperazine rings is 1. The number of nitrogens with one attached hydrogen (secondary N) is 1. The van der Waals surface area contributed by atoms with E-state index in [2.05, 4.69) is 25.1 Å². The number of anilines is 1. The van der Waals surface area contributed by atoms with Crippen LogP contribution >= 0.6 is 11.6 Å². The van der Waals surface area contributed by atoms with Gasteiger partial charge in [-0.1, -0.05) is 23.7 Å². The zero-order valence-corrected chi connectivity index (χ0v) is 17.2. The monoisotopic (exact) mass is 411 g/mol. The van der Waals surface area contributed by atoms with Gasteiger partial charge in [-0.25, -0.2) is 9.97 Å². The van der Waals surface area contributed by atoms with E-state index in [0.29, 0.717) is 5.02 Å². The van der Waals surface area contributed by atoms with Crippen LogP contribution in [0.15, 0.2) is 59.3 Å². The summed E-state index contributed by atoms with van der Waals surface area (Å²) in [5.41, 5.74) is 0.931. The van der Waals surface area contributed by atoms with Gasteiger partial charge in [-0.3, -0.25) is 4.90 Å². The van der Waals surface area contributed by atoms with E-state index in [1.54, 1.807) is 12.4 Å². The molecule has 4 rings (SSSR count). The molecule has 0 unspecified atom stereocenters. The van der Waals surface area contributed by atoms with Gasteiger partial charge >= 0.3 is 0 Å². The molecule has 0 spiro atoms. The summed E-state index contributed by atoms with van der Waals surface area (Å²) in [6.45, 7) is 6.85. The highest BCUT2D eigenvalue weighted by molar-refractivity contribution is 6.33. The summed E-state index contributed by atoms with van der Waals surface area (Å²) in [4.78, 5) is 13.4. The number of furan rings is 1. The molecule has 1 aliphatic heterocycles. The third kappa shape index (κ3) is 5.35. The van der Waals surface area contributed by atoms with Gasteiger partial charge in [-0.05, 0) is 49.8 Å². The third-order valence-electron chi connectivity index (χ3n) is 5.14. The van der Waals surface area contributed by atoms with Crippen molar-refractivity contribution in [1.82, 2.24) is 20.2 Å². The van der Waals surface area contributed by atoms with E-state index in [-0.39, 0.29) is 0 Å². The molecule has 2 aromatic heterocycles. The predicted molar refractivity (Wildman–Crippen MR) is 116 cm³/mol. The van der Waals surface area contributed by atoms with Gasteiger partial charge in [0, 0.05) is 44.1 Å². The Morgan fingerprint density at radius 3 is 2.55 bits per heavy atom. The van der Waals surface area contributed by atoms with Crippen LogP contribution in [0.5, 0.6) is 0 Å². The predicted octanol–water partition coefficient (Wildman–Crippen LogP) is 3.69. The Bertz CT molecular complexity index is 893. The highest BCUT2D eigenvalue weighted by Crippen LogP contribution is 2.28. The van der Waals surface area contributed by atoms with Gasteiger partial charge in [0.25, 0.3) is 0 Å². The summed E-state index contributed by atoms with van der Waals surface area (Å²) >= 11 is 6.24. The zero-order chi connectivity index (χ0) is 19.9. The fraction of sp³-hybridized carbons (Fsp3) is 0.364. The van der Waals surface area contributed by atoms with E-state index in [1.807, 2.05) is 42.5 Å². The Balaban J connectivity index is 1.14. The summed E-state index contributed by atoms with van der Waals surface area (Å²) in [6, 6.07) is 13.6. The van der Waals surface area contributed by atoms with E-state index >= 15 is 0 Å². The van der Waals surface area contributed by atoms with Crippen LogP contribution in [0.1, 0.15) is 12.2 Å². The first-order chi connectivity index (χ1) is 14.3. The summed E-state index contributed by atoms with van der Waals surface area (Å²) in [5, 5.41) is 4.18. The molecular weight excluding hydrogens is 386 g/mol. The van der Waals surface area contributed by atoms with Gasteiger partial charge in [0.1, 0.15) is 11.5 Å². The van der Waals surface area contributed by atoms with E-state index < -0.39 is 0 Å². The first-order valence-corrected chi connectivity index (χ1v) is 10.5. The molecule has 1 aliphatic rings. The lowest BCUT2D eigenvalue weighted by Crippen LogP contribution is -2.47. The topological polar surface area (TPSA) is 57.4 Å². The number of nitrogens with zero attached hydrogens (tertiary/aromatic N) is 4. The van der Waals surface area contributed by atoms with Crippen molar-refractivity contribution in [3.8, 4) is 11.3 Å². The molecule has 1 aromatic carbocycles. The minimum Gasteiger partial charge on any atom is -0.460 e. The molecular formula is C22H26ClN5O. The molecule has 0 saturated carbocycles. The van der Waals surface area contributed by atoms with Crippen LogP contribution in [-0.2, 0) is 6.54 Å². The van der Waals surface area contributed by atoms with Crippen molar-refractivity contribution >= 4 is 17.5 Å². The smallest absolute Gasteiger partial charge is 0.225 e. The maximum absolute atomic E-state index is 6.24. The Labute approximate surface area is 176 Å². The van der Waals surface area contributed by atoms with Crippen LogP contribution in [0.4, 0.5) is 5.95 Å². The fourth-order valence-corrected chi connectivity index (χ4v) is 3.77.